The number of rotatable bonds is 3. The Kier molecular flexibility index (Phi) is 4.41. The summed E-state index contributed by atoms with van der Waals surface area (Å²) in [4.78, 5) is 41.4. The molecule has 1 aliphatic rings. The van der Waals surface area contributed by atoms with Gasteiger partial charge < -0.3 is 15.2 Å². The maximum atomic E-state index is 12.3. The van der Waals surface area contributed by atoms with E-state index in [1.807, 2.05) is 19.1 Å². The Bertz CT molecular complexity index is 833. The number of nitrogens with zero attached hydrogens (tertiary/aromatic N) is 3. The van der Waals surface area contributed by atoms with Crippen LogP contribution in [0.25, 0.3) is 0 Å². The van der Waals surface area contributed by atoms with Crippen molar-refractivity contribution in [2.45, 2.75) is 19.8 Å². The third-order valence-electron chi connectivity index (χ3n) is 4.05. The second-order valence-corrected chi connectivity index (χ2v) is 5.77. The minimum Gasteiger partial charge on any atom is -0.355 e. The van der Waals surface area contributed by atoms with Crippen molar-refractivity contribution >= 4 is 17.4 Å². The molecule has 0 aromatic carbocycles. The fourth-order valence-electron chi connectivity index (χ4n) is 2.67. The number of aromatic nitrogens is 4. The third kappa shape index (κ3) is 3.50. The maximum absolute atomic E-state index is 12.3. The maximum Gasteiger partial charge on any atom is 0.325 e. The first kappa shape index (κ1) is 15.9. The summed E-state index contributed by atoms with van der Waals surface area (Å²) in [6.07, 6.45) is 2.52. The van der Waals surface area contributed by atoms with Crippen LogP contribution < -0.4 is 21.5 Å². The SMILES string of the molecule is Cc1ccc(N2CCC(C(=O)Nc3c[nH]c(=O)[nH]c3=O)CC2)nn1. The molecule has 3 N–H and O–H groups in total. The molecule has 0 atom stereocenters. The van der Waals surface area contributed by atoms with Gasteiger partial charge in [0, 0.05) is 25.2 Å². The van der Waals surface area contributed by atoms with Gasteiger partial charge in [-0.05, 0) is 31.9 Å². The summed E-state index contributed by atoms with van der Waals surface area (Å²) in [5.41, 5.74) is -0.310. The fraction of sp³-hybridized carbons (Fsp3) is 0.400. The van der Waals surface area contributed by atoms with Crippen molar-refractivity contribution in [3.8, 4) is 0 Å². The van der Waals surface area contributed by atoms with E-state index in [0.29, 0.717) is 25.9 Å². The van der Waals surface area contributed by atoms with Crippen molar-refractivity contribution in [2.75, 3.05) is 23.3 Å². The van der Waals surface area contributed by atoms with Crippen molar-refractivity contribution in [3.05, 3.63) is 44.9 Å². The Hall–Kier alpha value is -2.97. The van der Waals surface area contributed by atoms with Gasteiger partial charge in [0.25, 0.3) is 5.56 Å². The number of piperidine rings is 1. The fourth-order valence-corrected chi connectivity index (χ4v) is 2.67. The molecule has 24 heavy (non-hydrogen) atoms. The second-order valence-electron chi connectivity index (χ2n) is 5.77. The molecule has 126 valence electrons. The van der Waals surface area contributed by atoms with Crippen LogP contribution in [0.3, 0.4) is 0 Å². The lowest BCUT2D eigenvalue weighted by atomic mass is 9.96. The lowest BCUT2D eigenvalue weighted by molar-refractivity contribution is -0.120. The highest BCUT2D eigenvalue weighted by atomic mass is 16.2. The predicted octanol–water partition coefficient (Wildman–Crippen LogP) is 0.0167. The van der Waals surface area contributed by atoms with Crippen molar-refractivity contribution in [1.82, 2.24) is 20.2 Å². The number of carbonyl (C=O) groups is 1. The van der Waals surface area contributed by atoms with Crippen LogP contribution in [0, 0.1) is 12.8 Å². The average Bonchev–Trinajstić information content (AvgIpc) is 2.58. The minimum absolute atomic E-state index is 0.0476. The number of aryl methyl sites for hydroxylation is 1. The van der Waals surface area contributed by atoms with Crippen LogP contribution in [0.2, 0.25) is 0 Å². The number of aromatic amines is 2. The van der Waals surface area contributed by atoms with Crippen LogP contribution in [-0.4, -0.2) is 39.2 Å². The Labute approximate surface area is 137 Å². The van der Waals surface area contributed by atoms with E-state index in [1.165, 1.54) is 6.20 Å². The number of nitrogens with one attached hydrogen (secondary N) is 3. The van der Waals surface area contributed by atoms with Crippen LogP contribution in [0.4, 0.5) is 11.5 Å². The van der Waals surface area contributed by atoms with Crippen molar-refractivity contribution < 1.29 is 4.79 Å². The third-order valence-corrected chi connectivity index (χ3v) is 4.05. The molecule has 2 aromatic heterocycles. The van der Waals surface area contributed by atoms with Crippen LogP contribution in [-0.2, 0) is 4.79 Å². The molecule has 0 unspecified atom stereocenters. The van der Waals surface area contributed by atoms with Gasteiger partial charge in [0.05, 0.1) is 5.69 Å². The molecule has 0 saturated carbocycles. The standard InChI is InChI=1S/C15H18N6O3/c1-9-2-3-12(20-19-9)21-6-4-10(5-7-21)13(22)17-11-8-16-15(24)18-14(11)23/h2-3,8,10H,4-7H2,1H3,(H,17,22)(H2,16,18,23,24). The first-order valence-corrected chi connectivity index (χ1v) is 7.71. The van der Waals surface area contributed by atoms with E-state index < -0.39 is 11.2 Å². The zero-order valence-corrected chi connectivity index (χ0v) is 13.2. The lowest BCUT2D eigenvalue weighted by Crippen LogP contribution is -2.39. The smallest absolute Gasteiger partial charge is 0.325 e. The van der Waals surface area contributed by atoms with Crippen molar-refractivity contribution in [1.29, 1.82) is 0 Å². The van der Waals surface area contributed by atoms with Gasteiger partial charge in [0.2, 0.25) is 5.91 Å². The van der Waals surface area contributed by atoms with E-state index in [9.17, 15) is 14.4 Å². The molecular formula is C15H18N6O3. The van der Waals surface area contributed by atoms with Gasteiger partial charge in [-0.25, -0.2) is 4.79 Å². The van der Waals surface area contributed by atoms with Gasteiger partial charge in [-0.3, -0.25) is 14.6 Å². The van der Waals surface area contributed by atoms with Crippen LogP contribution in [0.1, 0.15) is 18.5 Å². The van der Waals surface area contributed by atoms with Gasteiger partial charge >= 0.3 is 5.69 Å². The number of hydrogen-bond acceptors (Lipinski definition) is 6. The molecule has 9 heteroatoms. The van der Waals surface area contributed by atoms with E-state index in [2.05, 4.69) is 30.4 Å². The topological polar surface area (TPSA) is 124 Å². The second kappa shape index (κ2) is 6.65. The first-order valence-electron chi connectivity index (χ1n) is 7.71. The van der Waals surface area contributed by atoms with Gasteiger partial charge in [-0.15, -0.1) is 5.10 Å². The largest absolute Gasteiger partial charge is 0.355 e. The summed E-state index contributed by atoms with van der Waals surface area (Å²) in [6.45, 7) is 3.27. The molecule has 1 saturated heterocycles. The number of amides is 1. The van der Waals surface area contributed by atoms with Crippen LogP contribution in [0.5, 0.6) is 0 Å². The monoisotopic (exact) mass is 330 g/mol. The van der Waals surface area contributed by atoms with Gasteiger partial charge in [0.1, 0.15) is 5.69 Å². The summed E-state index contributed by atoms with van der Waals surface area (Å²) in [6, 6.07) is 3.83. The van der Waals surface area contributed by atoms with Crippen molar-refractivity contribution in [2.24, 2.45) is 5.92 Å². The molecule has 0 bridgehead atoms. The highest BCUT2D eigenvalue weighted by molar-refractivity contribution is 5.92. The van der Waals surface area contributed by atoms with Crippen molar-refractivity contribution in [3.63, 3.8) is 0 Å². The molecule has 1 fully saturated rings. The highest BCUT2D eigenvalue weighted by Gasteiger charge is 2.26. The minimum atomic E-state index is -0.612. The zero-order chi connectivity index (χ0) is 17.1. The molecule has 3 heterocycles. The molecule has 3 rings (SSSR count). The molecule has 9 nitrogen and oxygen atoms in total. The summed E-state index contributed by atoms with van der Waals surface area (Å²) in [7, 11) is 0. The quantitative estimate of drug-likeness (QED) is 0.729. The number of hydrogen-bond donors (Lipinski definition) is 3. The van der Waals surface area contributed by atoms with Crippen LogP contribution >= 0.6 is 0 Å². The first-order chi connectivity index (χ1) is 11.5. The molecular weight excluding hydrogens is 312 g/mol. The molecule has 1 aliphatic heterocycles. The molecule has 0 aliphatic carbocycles. The Morgan fingerprint density at radius 3 is 2.62 bits per heavy atom. The zero-order valence-electron chi connectivity index (χ0n) is 13.2. The molecule has 1 amide bonds. The van der Waals surface area contributed by atoms with E-state index in [4.69, 9.17) is 0 Å². The summed E-state index contributed by atoms with van der Waals surface area (Å²) >= 11 is 0. The van der Waals surface area contributed by atoms with E-state index in [0.717, 1.165) is 11.5 Å². The van der Waals surface area contributed by atoms with E-state index in [-0.39, 0.29) is 17.5 Å². The van der Waals surface area contributed by atoms with Gasteiger partial charge in [-0.1, -0.05) is 0 Å². The summed E-state index contributed by atoms with van der Waals surface area (Å²) in [5.74, 6) is 0.393. The van der Waals surface area contributed by atoms with Gasteiger partial charge in [-0.2, -0.15) is 5.10 Å². The Morgan fingerprint density at radius 2 is 2.00 bits per heavy atom. The summed E-state index contributed by atoms with van der Waals surface area (Å²) < 4.78 is 0. The Balaban J connectivity index is 1.59. The van der Waals surface area contributed by atoms with E-state index in [1.54, 1.807) is 0 Å². The number of H-pyrrole nitrogens is 2. The van der Waals surface area contributed by atoms with E-state index >= 15 is 0 Å². The molecule has 0 spiro atoms. The summed E-state index contributed by atoms with van der Waals surface area (Å²) in [5, 5.41) is 10.8. The highest BCUT2D eigenvalue weighted by Crippen LogP contribution is 2.22. The molecule has 0 radical (unpaired) electrons. The predicted molar refractivity (Wildman–Crippen MR) is 88.0 cm³/mol. The Morgan fingerprint density at radius 1 is 1.25 bits per heavy atom. The average molecular weight is 330 g/mol. The number of carbonyl (C=O) groups excluding carboxylic acids is 1. The van der Waals surface area contributed by atoms with Gasteiger partial charge in [0.15, 0.2) is 5.82 Å². The lowest BCUT2D eigenvalue weighted by Gasteiger charge is -2.31. The molecule has 2 aromatic rings. The van der Waals surface area contributed by atoms with Crippen LogP contribution in [0.15, 0.2) is 27.9 Å². The normalized spacial score (nSPS) is 15.3. The number of anilines is 2.